The van der Waals surface area contributed by atoms with Crippen LogP contribution in [0.1, 0.15) is 6.92 Å². The zero-order chi connectivity index (χ0) is 6.41. The standard InChI is InChI=1S/C4H10N4.ClH/c1-4(6-2)3-7-8-5;/h4,6H,3H2,1-2H3;1H/t4-;/m1./s1. The van der Waals surface area contributed by atoms with Crippen LogP contribution in [0, 0.1) is 0 Å². The quantitative estimate of drug-likeness (QED) is 0.368. The van der Waals surface area contributed by atoms with E-state index in [1.807, 2.05) is 14.0 Å². The van der Waals surface area contributed by atoms with Gasteiger partial charge in [-0.15, -0.1) is 12.4 Å². The number of hydrogen-bond donors (Lipinski definition) is 1. The van der Waals surface area contributed by atoms with Gasteiger partial charge in [-0.2, -0.15) is 0 Å². The first-order chi connectivity index (χ1) is 3.81. The fourth-order valence-electron chi connectivity index (χ4n) is 0.250. The summed E-state index contributed by atoms with van der Waals surface area (Å²) in [6, 6.07) is 0.283. The molecule has 0 fully saturated rings. The lowest BCUT2D eigenvalue weighted by atomic mass is 10.4. The summed E-state index contributed by atoms with van der Waals surface area (Å²) >= 11 is 0. The minimum Gasteiger partial charge on any atom is -0.317 e. The molecule has 0 heterocycles. The minimum atomic E-state index is 0. The monoisotopic (exact) mass is 150 g/mol. The molecule has 0 amide bonds. The van der Waals surface area contributed by atoms with Gasteiger partial charge in [0.1, 0.15) is 0 Å². The molecule has 5 heteroatoms. The van der Waals surface area contributed by atoms with Crippen LogP contribution in [0.4, 0.5) is 0 Å². The van der Waals surface area contributed by atoms with Gasteiger partial charge in [0.15, 0.2) is 0 Å². The number of hydrogen-bond acceptors (Lipinski definition) is 2. The van der Waals surface area contributed by atoms with Crippen molar-refractivity contribution in [2.24, 2.45) is 5.11 Å². The molecule has 4 nitrogen and oxygen atoms in total. The highest BCUT2D eigenvalue weighted by Gasteiger charge is 1.90. The molecule has 1 atom stereocenters. The van der Waals surface area contributed by atoms with E-state index < -0.39 is 0 Å². The van der Waals surface area contributed by atoms with Crippen LogP contribution in [-0.4, -0.2) is 19.6 Å². The van der Waals surface area contributed by atoms with Gasteiger partial charge >= 0.3 is 0 Å². The van der Waals surface area contributed by atoms with E-state index in [0.29, 0.717) is 6.54 Å². The first-order valence-corrected chi connectivity index (χ1v) is 2.49. The average Bonchev–Trinajstić information content (AvgIpc) is 1.83. The van der Waals surface area contributed by atoms with Crippen LogP contribution in [0.25, 0.3) is 10.4 Å². The van der Waals surface area contributed by atoms with Crippen LogP contribution in [-0.2, 0) is 0 Å². The van der Waals surface area contributed by atoms with Gasteiger partial charge in [-0.3, -0.25) is 0 Å². The molecule has 0 aromatic heterocycles. The molecule has 54 valence electrons. The van der Waals surface area contributed by atoms with Crippen molar-refractivity contribution in [2.75, 3.05) is 13.6 Å². The number of likely N-dealkylation sites (N-methyl/N-ethyl adjacent to an activating group) is 1. The molecule has 0 aliphatic heterocycles. The van der Waals surface area contributed by atoms with Gasteiger partial charge in [-0.05, 0) is 19.5 Å². The van der Waals surface area contributed by atoms with E-state index in [1.54, 1.807) is 0 Å². The first kappa shape index (κ1) is 11.4. The molecule has 0 radical (unpaired) electrons. The summed E-state index contributed by atoms with van der Waals surface area (Å²) in [5, 5.41) is 6.30. The second-order valence-corrected chi connectivity index (χ2v) is 1.60. The SMILES string of the molecule is CN[C@H](C)CN=[N+]=[N-].Cl. The summed E-state index contributed by atoms with van der Waals surface area (Å²) in [6.45, 7) is 2.47. The molecule has 0 bridgehead atoms. The van der Waals surface area contributed by atoms with Crippen molar-refractivity contribution >= 4 is 12.4 Å². The van der Waals surface area contributed by atoms with E-state index in [0.717, 1.165) is 0 Å². The Morgan fingerprint density at radius 3 is 2.67 bits per heavy atom. The van der Waals surface area contributed by atoms with Crippen LogP contribution in [0.3, 0.4) is 0 Å². The lowest BCUT2D eigenvalue weighted by Gasteiger charge is -2.02. The molecule has 0 aromatic rings. The van der Waals surface area contributed by atoms with Gasteiger partial charge in [0.05, 0.1) is 0 Å². The Morgan fingerprint density at radius 2 is 2.33 bits per heavy atom. The molecule has 0 spiro atoms. The predicted octanol–water partition coefficient (Wildman–Crippen LogP) is 1.33. The second-order valence-electron chi connectivity index (χ2n) is 1.60. The van der Waals surface area contributed by atoms with Crippen LogP contribution < -0.4 is 5.32 Å². The zero-order valence-electron chi connectivity index (χ0n) is 5.53. The van der Waals surface area contributed by atoms with Crippen LogP contribution in [0.2, 0.25) is 0 Å². The van der Waals surface area contributed by atoms with E-state index in [4.69, 9.17) is 5.53 Å². The molecule has 0 saturated heterocycles. The highest BCUT2D eigenvalue weighted by atomic mass is 35.5. The maximum atomic E-state index is 7.84. The highest BCUT2D eigenvalue weighted by Crippen LogP contribution is 1.79. The number of azide groups is 1. The zero-order valence-corrected chi connectivity index (χ0v) is 6.35. The molecule has 0 aromatic carbocycles. The van der Waals surface area contributed by atoms with Crippen LogP contribution in [0.5, 0.6) is 0 Å². The van der Waals surface area contributed by atoms with Gasteiger partial charge < -0.3 is 5.32 Å². The maximum absolute atomic E-state index is 7.84. The molecule has 0 aliphatic rings. The van der Waals surface area contributed by atoms with Crippen molar-refractivity contribution < 1.29 is 0 Å². The Hall–Kier alpha value is -0.440. The van der Waals surface area contributed by atoms with E-state index in [1.165, 1.54) is 0 Å². The minimum absolute atomic E-state index is 0. The van der Waals surface area contributed by atoms with E-state index in [9.17, 15) is 0 Å². The molecule has 9 heavy (non-hydrogen) atoms. The van der Waals surface area contributed by atoms with Gasteiger partial charge in [-0.1, -0.05) is 5.11 Å². The summed E-state index contributed by atoms with van der Waals surface area (Å²) in [6.07, 6.45) is 0. The van der Waals surface area contributed by atoms with E-state index in [2.05, 4.69) is 15.3 Å². The van der Waals surface area contributed by atoms with Crippen LogP contribution >= 0.6 is 12.4 Å². The second kappa shape index (κ2) is 7.56. The number of rotatable bonds is 3. The fraction of sp³-hybridized carbons (Fsp3) is 1.00. The summed E-state index contributed by atoms with van der Waals surface area (Å²) in [4.78, 5) is 2.61. The molecule has 1 N–H and O–H groups in total. The van der Waals surface area contributed by atoms with Crippen LogP contribution in [0.15, 0.2) is 5.11 Å². The third-order valence-corrected chi connectivity index (χ3v) is 0.912. The summed E-state index contributed by atoms with van der Waals surface area (Å²) in [7, 11) is 1.83. The van der Waals surface area contributed by atoms with Crippen molar-refractivity contribution in [3.05, 3.63) is 10.4 Å². The summed E-state index contributed by atoms with van der Waals surface area (Å²) in [5.74, 6) is 0. The van der Waals surface area contributed by atoms with Gasteiger partial charge in [0, 0.05) is 17.5 Å². The first-order valence-electron chi connectivity index (χ1n) is 2.49. The van der Waals surface area contributed by atoms with Crippen molar-refractivity contribution in [1.82, 2.24) is 5.32 Å². The lowest BCUT2D eigenvalue weighted by Crippen LogP contribution is -2.23. The normalized spacial score (nSPS) is 10.9. The number of nitrogens with one attached hydrogen (secondary N) is 1. The molecule has 0 unspecified atom stereocenters. The molecule has 0 aliphatic carbocycles. The maximum Gasteiger partial charge on any atom is 0.0409 e. The Kier molecular flexibility index (Phi) is 9.55. The largest absolute Gasteiger partial charge is 0.317 e. The highest BCUT2D eigenvalue weighted by molar-refractivity contribution is 5.85. The predicted molar refractivity (Wildman–Crippen MR) is 39.8 cm³/mol. The van der Waals surface area contributed by atoms with Crippen molar-refractivity contribution in [3.8, 4) is 0 Å². The molecular weight excluding hydrogens is 140 g/mol. The number of halogens is 1. The third-order valence-electron chi connectivity index (χ3n) is 0.912. The summed E-state index contributed by atoms with van der Waals surface area (Å²) < 4.78 is 0. The molecule has 0 saturated carbocycles. The average molecular weight is 151 g/mol. The van der Waals surface area contributed by atoms with Crippen molar-refractivity contribution in [1.29, 1.82) is 0 Å². The molecule has 0 rings (SSSR count). The summed E-state index contributed by atoms with van der Waals surface area (Å²) in [5.41, 5.74) is 7.84. The lowest BCUT2D eigenvalue weighted by molar-refractivity contribution is 0.620. The Labute approximate surface area is 60.7 Å². The van der Waals surface area contributed by atoms with E-state index in [-0.39, 0.29) is 18.4 Å². The van der Waals surface area contributed by atoms with Crippen molar-refractivity contribution in [3.63, 3.8) is 0 Å². The Bertz CT molecular complexity index is 98.7. The Balaban J connectivity index is 0. The number of nitrogens with zero attached hydrogens (tertiary/aromatic N) is 3. The third kappa shape index (κ3) is 7.56. The topological polar surface area (TPSA) is 60.8 Å². The fourth-order valence-corrected chi connectivity index (χ4v) is 0.250. The van der Waals surface area contributed by atoms with Gasteiger partial charge in [0.25, 0.3) is 0 Å². The molecular formula is C4H11ClN4. The Morgan fingerprint density at radius 1 is 1.78 bits per heavy atom. The van der Waals surface area contributed by atoms with E-state index >= 15 is 0 Å². The van der Waals surface area contributed by atoms with Crippen molar-refractivity contribution in [2.45, 2.75) is 13.0 Å². The smallest absolute Gasteiger partial charge is 0.0409 e. The van der Waals surface area contributed by atoms with Gasteiger partial charge in [-0.25, -0.2) is 0 Å². The van der Waals surface area contributed by atoms with Gasteiger partial charge in [0.2, 0.25) is 0 Å².